The number of hydrogen-bond donors (Lipinski definition) is 0. The molecule has 0 saturated carbocycles. The Balaban J connectivity index is 3.13. The maximum absolute atomic E-state index is 10.8. The van der Waals surface area contributed by atoms with Crippen molar-refractivity contribution in [1.82, 2.24) is 4.98 Å². The fourth-order valence-corrected chi connectivity index (χ4v) is 0.980. The number of hydroxylamine groups is 1. The van der Waals surface area contributed by atoms with Crippen LogP contribution in [0.5, 0.6) is 0 Å². The molecular formula is C7H8ClN2O-. The van der Waals surface area contributed by atoms with Crippen molar-refractivity contribution in [3.05, 3.63) is 28.2 Å². The zero-order chi connectivity index (χ0) is 8.43. The Bertz CT molecular complexity index is 263. The zero-order valence-corrected chi connectivity index (χ0v) is 7.09. The molecule has 4 heteroatoms. The van der Waals surface area contributed by atoms with E-state index in [4.69, 9.17) is 11.6 Å². The molecule has 11 heavy (non-hydrogen) atoms. The Morgan fingerprint density at radius 1 is 1.64 bits per heavy atom. The normalized spacial score (nSPS) is 9.82. The molecule has 0 unspecified atom stereocenters. The lowest BCUT2D eigenvalue weighted by Gasteiger charge is -2.25. The van der Waals surface area contributed by atoms with Crippen LogP contribution in [-0.2, 0) is 0 Å². The van der Waals surface area contributed by atoms with Crippen molar-refractivity contribution in [3.63, 3.8) is 0 Å². The highest BCUT2D eigenvalue weighted by Crippen LogP contribution is 2.22. The summed E-state index contributed by atoms with van der Waals surface area (Å²) in [6.07, 6.45) is 1.62. The molecule has 1 aromatic heterocycles. The standard InChI is InChI=1S/C7H8ClN2O/c1-5-3-6(10(2)11)7(8)9-4-5/h3-4H,1-2H3/q-1. The average Bonchev–Trinajstić information content (AvgIpc) is 1.94. The van der Waals surface area contributed by atoms with Crippen molar-refractivity contribution < 1.29 is 0 Å². The number of aromatic nitrogens is 1. The number of nitrogens with zero attached hydrogens (tertiary/aromatic N) is 2. The van der Waals surface area contributed by atoms with E-state index < -0.39 is 0 Å². The summed E-state index contributed by atoms with van der Waals surface area (Å²) in [5, 5.41) is 11.8. The van der Waals surface area contributed by atoms with Crippen LogP contribution in [0, 0.1) is 12.1 Å². The quantitative estimate of drug-likeness (QED) is 0.479. The van der Waals surface area contributed by atoms with Crippen LogP contribution in [0.2, 0.25) is 5.15 Å². The van der Waals surface area contributed by atoms with Crippen LogP contribution in [0.25, 0.3) is 0 Å². The summed E-state index contributed by atoms with van der Waals surface area (Å²) in [6.45, 7) is 1.86. The Morgan fingerprint density at radius 2 is 2.27 bits per heavy atom. The van der Waals surface area contributed by atoms with Crippen LogP contribution in [0.1, 0.15) is 5.56 Å². The number of halogens is 1. The molecule has 0 aliphatic heterocycles. The van der Waals surface area contributed by atoms with Crippen molar-refractivity contribution in [2.45, 2.75) is 6.92 Å². The molecule has 0 aliphatic carbocycles. The second-order valence-electron chi connectivity index (χ2n) is 2.32. The average molecular weight is 172 g/mol. The van der Waals surface area contributed by atoms with E-state index in [-0.39, 0.29) is 5.15 Å². The molecule has 0 amide bonds. The predicted octanol–water partition coefficient (Wildman–Crippen LogP) is 1.98. The van der Waals surface area contributed by atoms with E-state index in [0.29, 0.717) is 10.8 Å². The highest BCUT2D eigenvalue weighted by molar-refractivity contribution is 6.32. The molecule has 0 aromatic carbocycles. The summed E-state index contributed by atoms with van der Waals surface area (Å²) in [7, 11) is 1.39. The first-order chi connectivity index (χ1) is 5.11. The lowest BCUT2D eigenvalue weighted by Crippen LogP contribution is -2.07. The summed E-state index contributed by atoms with van der Waals surface area (Å²) in [6, 6.07) is 1.70. The fraction of sp³-hybridized carbons (Fsp3) is 0.286. The monoisotopic (exact) mass is 171 g/mol. The van der Waals surface area contributed by atoms with E-state index in [9.17, 15) is 5.21 Å². The molecule has 0 N–H and O–H groups in total. The van der Waals surface area contributed by atoms with Gasteiger partial charge < -0.3 is 10.3 Å². The number of pyridine rings is 1. The third-order valence-electron chi connectivity index (χ3n) is 1.30. The minimum absolute atomic E-state index is 0.244. The first-order valence-corrected chi connectivity index (χ1v) is 3.52. The van der Waals surface area contributed by atoms with Gasteiger partial charge >= 0.3 is 0 Å². The summed E-state index contributed by atoms with van der Waals surface area (Å²) in [5.74, 6) is 0. The van der Waals surface area contributed by atoms with Crippen molar-refractivity contribution in [3.8, 4) is 0 Å². The molecule has 1 heterocycles. The molecule has 60 valence electrons. The van der Waals surface area contributed by atoms with E-state index in [2.05, 4.69) is 4.98 Å². The SMILES string of the molecule is Cc1cnc(Cl)c(N(C)[O-])c1. The van der Waals surface area contributed by atoms with Gasteiger partial charge in [-0.05, 0) is 25.6 Å². The maximum Gasteiger partial charge on any atom is 0.151 e. The van der Waals surface area contributed by atoms with E-state index in [1.54, 1.807) is 12.3 Å². The van der Waals surface area contributed by atoms with E-state index >= 15 is 0 Å². The minimum atomic E-state index is 0.244. The molecule has 1 rings (SSSR count). The third-order valence-corrected chi connectivity index (χ3v) is 1.59. The van der Waals surface area contributed by atoms with Crippen LogP contribution >= 0.6 is 11.6 Å². The van der Waals surface area contributed by atoms with E-state index in [1.807, 2.05) is 6.92 Å². The van der Waals surface area contributed by atoms with Gasteiger partial charge in [0.15, 0.2) is 5.15 Å². The van der Waals surface area contributed by atoms with Crippen LogP contribution < -0.4 is 5.06 Å². The van der Waals surface area contributed by atoms with Gasteiger partial charge in [0.25, 0.3) is 0 Å². The van der Waals surface area contributed by atoms with Gasteiger partial charge in [0.2, 0.25) is 0 Å². The molecule has 3 nitrogen and oxygen atoms in total. The fourth-order valence-electron chi connectivity index (χ4n) is 0.758. The summed E-state index contributed by atoms with van der Waals surface area (Å²) < 4.78 is 0. The van der Waals surface area contributed by atoms with Gasteiger partial charge in [0, 0.05) is 6.20 Å². The van der Waals surface area contributed by atoms with Gasteiger partial charge in [-0.25, -0.2) is 4.98 Å². The Kier molecular flexibility index (Phi) is 2.31. The van der Waals surface area contributed by atoms with E-state index in [0.717, 1.165) is 5.56 Å². The second-order valence-corrected chi connectivity index (χ2v) is 2.68. The van der Waals surface area contributed by atoms with Crippen LogP contribution in [-0.4, -0.2) is 12.0 Å². The van der Waals surface area contributed by atoms with Crippen LogP contribution in [0.4, 0.5) is 5.69 Å². The highest BCUT2D eigenvalue weighted by Gasteiger charge is 1.99. The van der Waals surface area contributed by atoms with Crippen molar-refractivity contribution in [2.75, 3.05) is 12.1 Å². The Labute approximate surface area is 70.2 Å². The molecule has 0 spiro atoms. The van der Waals surface area contributed by atoms with E-state index in [1.165, 1.54) is 7.05 Å². The van der Waals surface area contributed by atoms with Gasteiger partial charge in [-0.1, -0.05) is 11.6 Å². The van der Waals surface area contributed by atoms with Gasteiger partial charge in [0.05, 0.1) is 5.69 Å². The topological polar surface area (TPSA) is 39.2 Å². The largest absolute Gasteiger partial charge is 0.758 e. The van der Waals surface area contributed by atoms with Gasteiger partial charge in [-0.2, -0.15) is 0 Å². The number of anilines is 1. The molecular weight excluding hydrogens is 164 g/mol. The smallest absolute Gasteiger partial charge is 0.151 e. The van der Waals surface area contributed by atoms with Crippen molar-refractivity contribution >= 4 is 17.3 Å². The first-order valence-electron chi connectivity index (χ1n) is 3.14. The molecule has 0 radical (unpaired) electrons. The molecule has 0 bridgehead atoms. The first kappa shape index (κ1) is 8.30. The molecule has 0 saturated heterocycles. The predicted molar refractivity (Wildman–Crippen MR) is 45.8 cm³/mol. The lowest BCUT2D eigenvalue weighted by molar-refractivity contribution is 1.16. The Morgan fingerprint density at radius 3 is 2.73 bits per heavy atom. The van der Waals surface area contributed by atoms with Gasteiger partial charge in [-0.3, -0.25) is 0 Å². The molecule has 1 aromatic rings. The maximum atomic E-state index is 10.8. The Hall–Kier alpha value is -0.800. The summed E-state index contributed by atoms with van der Waals surface area (Å²) >= 11 is 5.64. The lowest BCUT2D eigenvalue weighted by atomic mass is 10.3. The van der Waals surface area contributed by atoms with Crippen molar-refractivity contribution in [1.29, 1.82) is 0 Å². The number of aryl methyl sites for hydroxylation is 1. The summed E-state index contributed by atoms with van der Waals surface area (Å²) in [4.78, 5) is 3.82. The van der Waals surface area contributed by atoms with Gasteiger partial charge in [-0.15, -0.1) is 0 Å². The number of hydrogen-bond acceptors (Lipinski definition) is 3. The third kappa shape index (κ3) is 1.82. The molecule has 0 aliphatic rings. The zero-order valence-electron chi connectivity index (χ0n) is 6.34. The number of rotatable bonds is 1. The second kappa shape index (κ2) is 3.07. The minimum Gasteiger partial charge on any atom is -0.758 e. The van der Waals surface area contributed by atoms with Crippen LogP contribution in [0.15, 0.2) is 12.3 Å². The van der Waals surface area contributed by atoms with Gasteiger partial charge in [0.1, 0.15) is 0 Å². The molecule has 0 atom stereocenters. The summed E-state index contributed by atoms with van der Waals surface area (Å²) in [5.41, 5.74) is 1.33. The van der Waals surface area contributed by atoms with Crippen LogP contribution in [0.3, 0.4) is 0 Å². The van der Waals surface area contributed by atoms with Crippen molar-refractivity contribution in [2.24, 2.45) is 0 Å². The highest BCUT2D eigenvalue weighted by atomic mass is 35.5. The molecule has 0 fully saturated rings.